The monoisotopic (exact) mass is 849 g/mol. The number of carbonyl (C=O) groups is 3. The van der Waals surface area contributed by atoms with Crippen molar-refractivity contribution in [1.82, 2.24) is 9.97 Å². The molecule has 2 atom stereocenters. The van der Waals surface area contributed by atoms with Crippen molar-refractivity contribution >= 4 is 50.7 Å². The smallest absolute Gasteiger partial charge is 0.354 e. The molecule has 316 valence electrons. The van der Waals surface area contributed by atoms with E-state index >= 15 is 0 Å². The van der Waals surface area contributed by atoms with Crippen LogP contribution in [0.5, 0.6) is 0 Å². The first kappa shape index (κ1) is 41.2. The Hall–Kier alpha value is -7.20. The number of anilines is 2. The van der Waals surface area contributed by atoms with Crippen LogP contribution < -0.4 is 10.6 Å². The quantitative estimate of drug-likeness (QED) is 0.148. The van der Waals surface area contributed by atoms with Crippen molar-refractivity contribution in [3.05, 3.63) is 164 Å². The number of Topliss-reactive ketones (excluding diaryl/α,β-unsaturated/α-hetero) is 2. The molecular weight excluding hydrogens is 811 g/mol. The minimum absolute atomic E-state index is 0.00209. The SMILES string of the molecule is CC1(C)CC(=O)C2=C(C1)Nc1ccc3nc(C#N)ccc3c1C2c1ccc(F)c(F)c1.CC1(C)CC(=O)C2=C(C1)Nc1ccc3nc(C(=O)O)ccc3c1C2c1ccc(F)c(F)c1. The molecule has 9 nitrogen and oxygen atoms in total. The molecule has 2 aromatic heterocycles. The van der Waals surface area contributed by atoms with Gasteiger partial charge in [-0.05, 0) is 113 Å². The van der Waals surface area contributed by atoms with Gasteiger partial charge in [0.2, 0.25) is 0 Å². The van der Waals surface area contributed by atoms with Gasteiger partial charge in [0.05, 0.1) is 11.0 Å². The average Bonchev–Trinajstić information content (AvgIpc) is 3.22. The summed E-state index contributed by atoms with van der Waals surface area (Å²) in [6, 6.07) is 23.2. The molecule has 6 aromatic rings. The summed E-state index contributed by atoms with van der Waals surface area (Å²) in [5.41, 5.74) is 7.56. The van der Waals surface area contributed by atoms with Crippen LogP contribution in [0.25, 0.3) is 21.8 Å². The molecule has 2 aliphatic carbocycles. The first-order chi connectivity index (χ1) is 29.9. The van der Waals surface area contributed by atoms with E-state index in [1.54, 1.807) is 30.3 Å². The lowest BCUT2D eigenvalue weighted by Gasteiger charge is -2.40. The summed E-state index contributed by atoms with van der Waals surface area (Å²) in [5, 5.41) is 26.7. The van der Waals surface area contributed by atoms with Crippen molar-refractivity contribution in [3.8, 4) is 6.07 Å². The number of rotatable bonds is 3. The van der Waals surface area contributed by atoms with Crippen molar-refractivity contribution in [2.45, 2.75) is 65.2 Å². The van der Waals surface area contributed by atoms with Gasteiger partial charge in [-0.15, -0.1) is 0 Å². The van der Waals surface area contributed by atoms with Crippen molar-refractivity contribution in [2.24, 2.45) is 10.8 Å². The van der Waals surface area contributed by atoms with E-state index in [4.69, 9.17) is 0 Å². The highest BCUT2D eigenvalue weighted by Gasteiger charge is 2.43. The summed E-state index contributed by atoms with van der Waals surface area (Å²) in [6.45, 7) is 8.14. The number of ketones is 2. The number of hydrogen-bond acceptors (Lipinski definition) is 8. The summed E-state index contributed by atoms with van der Waals surface area (Å²) in [6.07, 6.45) is 2.04. The van der Waals surface area contributed by atoms with Gasteiger partial charge in [0.1, 0.15) is 17.5 Å². The topological polar surface area (TPSA) is 145 Å². The molecule has 0 fully saturated rings. The third kappa shape index (κ3) is 7.29. The third-order valence-corrected chi connectivity index (χ3v) is 12.3. The van der Waals surface area contributed by atoms with Crippen LogP contribution in [0.4, 0.5) is 28.9 Å². The molecule has 63 heavy (non-hydrogen) atoms. The fourth-order valence-electron chi connectivity index (χ4n) is 9.70. The minimum Gasteiger partial charge on any atom is -0.477 e. The molecule has 0 saturated heterocycles. The molecule has 0 radical (unpaired) electrons. The molecule has 2 unspecified atom stereocenters. The maximum Gasteiger partial charge on any atom is 0.354 e. The second-order valence-electron chi connectivity index (χ2n) is 18.1. The Labute approximate surface area is 359 Å². The van der Waals surface area contributed by atoms with Crippen LogP contribution in [0.1, 0.15) is 104 Å². The highest BCUT2D eigenvalue weighted by Crippen LogP contribution is 2.52. The van der Waals surface area contributed by atoms with Crippen molar-refractivity contribution in [2.75, 3.05) is 10.6 Å². The second kappa shape index (κ2) is 15.0. The number of pyridine rings is 2. The Kier molecular flexibility index (Phi) is 9.81. The van der Waals surface area contributed by atoms with Gasteiger partial charge < -0.3 is 15.7 Å². The number of benzene rings is 4. The normalized spacial score (nSPS) is 19.4. The summed E-state index contributed by atoms with van der Waals surface area (Å²) in [7, 11) is 0. The Balaban J connectivity index is 0.000000160. The zero-order valence-corrected chi connectivity index (χ0v) is 34.6. The summed E-state index contributed by atoms with van der Waals surface area (Å²) >= 11 is 0. The van der Waals surface area contributed by atoms with Crippen LogP contribution in [-0.4, -0.2) is 32.6 Å². The maximum absolute atomic E-state index is 14.2. The standard InChI is InChI=1S/C25H19F2N3O.C25H20F2N2O3/c1-25(2)10-20-24(21(31)11-25)22(13-3-6-16(26)17(27)9-13)23-15-5-4-14(12-28)29-18(15)7-8-19(23)30-20;1-25(2)10-19-23(20(30)11-25)21(12-3-5-14(26)15(27)9-12)22-13-4-6-18(24(31)32)28-16(13)7-8-17(22)29-19/h3-9,22,30H,10-11H2,1-2H3;3-9,21,29H,10-11H2,1-2H3,(H,31,32). The number of hydrogen-bond donors (Lipinski definition) is 3. The predicted octanol–water partition coefficient (Wildman–Crippen LogP) is 11.0. The fraction of sp³-hybridized carbons (Fsp3) is 0.240. The molecule has 4 heterocycles. The van der Waals surface area contributed by atoms with E-state index in [1.165, 1.54) is 24.3 Å². The minimum atomic E-state index is -1.14. The molecule has 2 aliphatic heterocycles. The van der Waals surface area contributed by atoms with Crippen LogP contribution in [-0.2, 0) is 9.59 Å². The molecule has 0 amide bonds. The highest BCUT2D eigenvalue weighted by molar-refractivity contribution is 6.05. The largest absolute Gasteiger partial charge is 0.477 e. The fourth-order valence-corrected chi connectivity index (χ4v) is 9.70. The molecule has 4 aromatic carbocycles. The number of fused-ring (bicyclic) bond motifs is 6. The maximum atomic E-state index is 14.2. The summed E-state index contributed by atoms with van der Waals surface area (Å²) in [4.78, 5) is 46.6. The first-order valence-electron chi connectivity index (χ1n) is 20.4. The Morgan fingerprint density at radius 1 is 0.635 bits per heavy atom. The van der Waals surface area contributed by atoms with Gasteiger partial charge in [0.25, 0.3) is 0 Å². The molecule has 3 N–H and O–H groups in total. The number of nitrogens with one attached hydrogen (secondary N) is 2. The molecule has 4 aliphatic rings. The van der Waals surface area contributed by atoms with E-state index in [0.717, 1.165) is 51.9 Å². The Morgan fingerprint density at radius 3 is 1.54 bits per heavy atom. The summed E-state index contributed by atoms with van der Waals surface area (Å²) < 4.78 is 55.9. The number of nitrogens with zero attached hydrogens (tertiary/aromatic N) is 3. The molecule has 0 spiro atoms. The summed E-state index contributed by atoms with van der Waals surface area (Å²) in [5.74, 6) is -6.19. The van der Waals surface area contributed by atoms with Gasteiger partial charge in [-0.2, -0.15) is 5.26 Å². The third-order valence-electron chi connectivity index (χ3n) is 12.3. The molecule has 0 saturated carbocycles. The lowest BCUT2D eigenvalue weighted by atomic mass is 9.68. The number of nitriles is 1. The molecule has 10 rings (SSSR count). The van der Waals surface area contributed by atoms with Crippen molar-refractivity contribution in [1.29, 1.82) is 5.26 Å². The van der Waals surface area contributed by atoms with Crippen molar-refractivity contribution in [3.63, 3.8) is 0 Å². The lowest BCUT2D eigenvalue weighted by molar-refractivity contribution is -0.119. The van der Waals surface area contributed by atoms with E-state index in [0.29, 0.717) is 69.9 Å². The van der Waals surface area contributed by atoms with Gasteiger partial charge >= 0.3 is 5.97 Å². The van der Waals surface area contributed by atoms with Gasteiger partial charge in [-0.1, -0.05) is 45.9 Å². The van der Waals surface area contributed by atoms with Crippen LogP contribution in [0, 0.1) is 45.4 Å². The van der Waals surface area contributed by atoms with Crippen LogP contribution in [0.15, 0.2) is 107 Å². The number of allylic oxidation sites excluding steroid dienone is 4. The Bertz CT molecular complexity index is 3130. The second-order valence-corrected chi connectivity index (χ2v) is 18.1. The van der Waals surface area contributed by atoms with E-state index in [9.17, 15) is 42.3 Å². The molecular formula is C50H39F4N5O4. The van der Waals surface area contributed by atoms with E-state index in [1.807, 2.05) is 45.9 Å². The molecule has 0 bridgehead atoms. The Morgan fingerprint density at radius 2 is 1.10 bits per heavy atom. The van der Waals surface area contributed by atoms with Gasteiger partial charge in [0.15, 0.2) is 34.8 Å². The van der Waals surface area contributed by atoms with E-state index < -0.39 is 41.1 Å². The highest BCUT2D eigenvalue weighted by atomic mass is 19.2. The van der Waals surface area contributed by atoms with E-state index in [2.05, 4.69) is 20.6 Å². The average molecular weight is 850 g/mol. The van der Waals surface area contributed by atoms with Crippen LogP contribution >= 0.6 is 0 Å². The first-order valence-corrected chi connectivity index (χ1v) is 20.4. The number of carboxylic acid groups (broad SMARTS) is 1. The number of aromatic nitrogens is 2. The predicted molar refractivity (Wildman–Crippen MR) is 229 cm³/mol. The number of aromatic carboxylic acids is 1. The van der Waals surface area contributed by atoms with Gasteiger partial charge in [-0.25, -0.2) is 32.3 Å². The van der Waals surface area contributed by atoms with Crippen LogP contribution in [0.3, 0.4) is 0 Å². The zero-order chi connectivity index (χ0) is 44.7. The zero-order valence-electron chi connectivity index (χ0n) is 34.6. The van der Waals surface area contributed by atoms with Crippen molar-refractivity contribution < 1.29 is 37.1 Å². The van der Waals surface area contributed by atoms with Gasteiger partial charge in [-0.3, -0.25) is 9.59 Å². The number of carbonyl (C=O) groups excluding carboxylic acids is 2. The lowest BCUT2D eigenvalue weighted by Crippen LogP contribution is -2.34. The number of carboxylic acids is 1. The van der Waals surface area contributed by atoms with Gasteiger partial charge in [0, 0.05) is 69.4 Å². The number of halogens is 4. The molecule has 13 heteroatoms. The van der Waals surface area contributed by atoms with Crippen LogP contribution in [0.2, 0.25) is 0 Å². The van der Waals surface area contributed by atoms with E-state index in [-0.39, 0.29) is 33.8 Å².